The van der Waals surface area contributed by atoms with Crippen LogP contribution in [-0.4, -0.2) is 53.8 Å². The maximum atomic E-state index is 10.1. The molecule has 2 heterocycles. The number of hydrogen-bond donors (Lipinski definition) is 1. The van der Waals surface area contributed by atoms with Crippen molar-refractivity contribution in [1.82, 2.24) is 9.88 Å². The predicted octanol–water partition coefficient (Wildman–Crippen LogP) is 2.56. The molecule has 3 rings (SSSR count). The fourth-order valence-corrected chi connectivity index (χ4v) is 3.40. The zero-order valence-corrected chi connectivity index (χ0v) is 14.4. The van der Waals surface area contributed by atoms with Crippen LogP contribution in [-0.2, 0) is 0 Å². The number of piperazine rings is 1. The second-order valence-corrected chi connectivity index (χ2v) is 6.46. The van der Waals surface area contributed by atoms with Crippen molar-refractivity contribution in [2.45, 2.75) is 18.9 Å². The highest BCUT2D eigenvalue weighted by Crippen LogP contribution is 2.30. The minimum Gasteiger partial charge on any atom is -0.392 e. The SMILES string of the molecule is C=CCCC(O)CN1CCN(c2c(C#N)cnc3ccccc23)CC1. The van der Waals surface area contributed by atoms with Gasteiger partial charge in [0.2, 0.25) is 0 Å². The van der Waals surface area contributed by atoms with E-state index in [-0.39, 0.29) is 6.10 Å². The van der Waals surface area contributed by atoms with E-state index in [1.807, 2.05) is 30.3 Å². The van der Waals surface area contributed by atoms with Gasteiger partial charge < -0.3 is 10.0 Å². The summed E-state index contributed by atoms with van der Waals surface area (Å²) < 4.78 is 0. The summed E-state index contributed by atoms with van der Waals surface area (Å²) in [4.78, 5) is 8.95. The average Bonchev–Trinajstić information content (AvgIpc) is 2.66. The van der Waals surface area contributed by atoms with E-state index in [9.17, 15) is 10.4 Å². The summed E-state index contributed by atoms with van der Waals surface area (Å²) >= 11 is 0. The lowest BCUT2D eigenvalue weighted by Crippen LogP contribution is -2.48. The molecule has 0 aliphatic carbocycles. The van der Waals surface area contributed by atoms with Gasteiger partial charge in [0.15, 0.2) is 0 Å². The molecule has 1 aliphatic rings. The fraction of sp³-hybridized carbons (Fsp3) is 0.400. The van der Waals surface area contributed by atoms with Crippen molar-refractivity contribution in [2.24, 2.45) is 0 Å². The Hall–Kier alpha value is -2.42. The minimum atomic E-state index is -0.305. The summed E-state index contributed by atoms with van der Waals surface area (Å²) in [7, 11) is 0. The Labute approximate surface area is 148 Å². The number of hydrogen-bond acceptors (Lipinski definition) is 5. The van der Waals surface area contributed by atoms with Crippen molar-refractivity contribution in [2.75, 3.05) is 37.6 Å². The van der Waals surface area contributed by atoms with Crippen LogP contribution in [0.15, 0.2) is 43.1 Å². The molecule has 1 aromatic carbocycles. The molecular formula is C20H24N4O. The van der Waals surface area contributed by atoms with E-state index in [0.29, 0.717) is 12.1 Å². The van der Waals surface area contributed by atoms with Gasteiger partial charge in [-0.1, -0.05) is 24.3 Å². The molecule has 1 atom stereocenters. The highest BCUT2D eigenvalue weighted by Gasteiger charge is 2.22. The van der Waals surface area contributed by atoms with Crippen molar-refractivity contribution in [1.29, 1.82) is 5.26 Å². The number of nitriles is 1. The molecular weight excluding hydrogens is 312 g/mol. The molecule has 1 aliphatic heterocycles. The van der Waals surface area contributed by atoms with Crippen LogP contribution < -0.4 is 4.90 Å². The molecule has 0 bridgehead atoms. The highest BCUT2D eigenvalue weighted by atomic mass is 16.3. The fourth-order valence-electron chi connectivity index (χ4n) is 3.40. The quantitative estimate of drug-likeness (QED) is 0.822. The van der Waals surface area contributed by atoms with E-state index in [4.69, 9.17) is 0 Å². The van der Waals surface area contributed by atoms with Gasteiger partial charge in [0.05, 0.1) is 22.9 Å². The standard InChI is InChI=1S/C20H24N4O/c1-2-3-6-17(25)15-23-9-11-24(12-10-23)20-16(13-21)14-22-19-8-5-4-7-18(19)20/h2,4-5,7-8,14,17,25H,1,3,6,9-12,15H2. The van der Waals surface area contributed by atoms with E-state index in [0.717, 1.165) is 55.6 Å². The normalized spacial score (nSPS) is 16.6. The van der Waals surface area contributed by atoms with Crippen molar-refractivity contribution in [3.8, 4) is 6.07 Å². The maximum Gasteiger partial charge on any atom is 0.103 e. The van der Waals surface area contributed by atoms with Crippen molar-refractivity contribution < 1.29 is 5.11 Å². The summed E-state index contributed by atoms with van der Waals surface area (Å²) in [5.41, 5.74) is 2.52. The summed E-state index contributed by atoms with van der Waals surface area (Å²) in [6, 6.07) is 10.2. The van der Waals surface area contributed by atoms with Crippen LogP contribution in [0.25, 0.3) is 10.9 Å². The molecule has 130 valence electrons. The molecule has 1 N–H and O–H groups in total. The van der Waals surface area contributed by atoms with Crippen LogP contribution in [0.1, 0.15) is 18.4 Å². The maximum absolute atomic E-state index is 10.1. The van der Waals surface area contributed by atoms with E-state index in [2.05, 4.69) is 27.4 Å². The van der Waals surface area contributed by atoms with E-state index in [1.54, 1.807) is 6.20 Å². The number of β-amino-alcohol motifs (C(OH)–C–C–N with tert-alkyl or cyclic N) is 1. The molecule has 0 radical (unpaired) electrons. The first-order valence-electron chi connectivity index (χ1n) is 8.77. The third kappa shape index (κ3) is 3.98. The number of aliphatic hydroxyl groups excluding tert-OH is 1. The molecule has 1 unspecified atom stereocenters. The Balaban J connectivity index is 1.72. The number of fused-ring (bicyclic) bond motifs is 1. The highest BCUT2D eigenvalue weighted by molar-refractivity contribution is 5.94. The zero-order chi connectivity index (χ0) is 17.6. The number of para-hydroxylation sites is 1. The first kappa shape index (κ1) is 17.4. The summed E-state index contributed by atoms with van der Waals surface area (Å²) in [6.45, 7) is 7.85. The lowest BCUT2D eigenvalue weighted by atomic mass is 10.1. The van der Waals surface area contributed by atoms with Crippen LogP contribution >= 0.6 is 0 Å². The van der Waals surface area contributed by atoms with E-state index < -0.39 is 0 Å². The Morgan fingerprint density at radius 3 is 2.76 bits per heavy atom. The van der Waals surface area contributed by atoms with Crippen LogP contribution in [0.5, 0.6) is 0 Å². The molecule has 1 aromatic heterocycles. The van der Waals surface area contributed by atoms with Crippen LogP contribution in [0.2, 0.25) is 0 Å². The van der Waals surface area contributed by atoms with Gasteiger partial charge in [-0.2, -0.15) is 5.26 Å². The number of aromatic nitrogens is 1. The molecule has 2 aromatic rings. The average molecular weight is 336 g/mol. The first-order valence-corrected chi connectivity index (χ1v) is 8.77. The van der Waals surface area contributed by atoms with Crippen LogP contribution in [0.3, 0.4) is 0 Å². The van der Waals surface area contributed by atoms with Gasteiger partial charge in [0.1, 0.15) is 6.07 Å². The Bertz CT molecular complexity index is 775. The summed E-state index contributed by atoms with van der Waals surface area (Å²) in [5, 5.41) is 20.6. The topological polar surface area (TPSA) is 63.4 Å². The summed E-state index contributed by atoms with van der Waals surface area (Å²) in [5.74, 6) is 0. The van der Waals surface area contributed by atoms with Gasteiger partial charge in [-0.15, -0.1) is 6.58 Å². The monoisotopic (exact) mass is 336 g/mol. The first-order chi connectivity index (χ1) is 12.2. The number of aliphatic hydroxyl groups is 1. The van der Waals surface area contributed by atoms with Gasteiger partial charge in [-0.25, -0.2) is 0 Å². The molecule has 1 saturated heterocycles. The molecule has 1 fully saturated rings. The third-order valence-electron chi connectivity index (χ3n) is 4.73. The van der Waals surface area contributed by atoms with Gasteiger partial charge in [0.25, 0.3) is 0 Å². The largest absolute Gasteiger partial charge is 0.392 e. The van der Waals surface area contributed by atoms with Crippen molar-refractivity contribution >= 4 is 16.6 Å². The number of rotatable bonds is 6. The lowest BCUT2D eigenvalue weighted by molar-refractivity contribution is 0.103. The molecule has 5 heteroatoms. The number of pyridine rings is 1. The molecule has 5 nitrogen and oxygen atoms in total. The Morgan fingerprint density at radius 2 is 2.04 bits per heavy atom. The Kier molecular flexibility index (Phi) is 5.64. The van der Waals surface area contributed by atoms with Crippen LogP contribution in [0.4, 0.5) is 5.69 Å². The van der Waals surface area contributed by atoms with Crippen LogP contribution in [0, 0.1) is 11.3 Å². The molecule has 25 heavy (non-hydrogen) atoms. The zero-order valence-electron chi connectivity index (χ0n) is 14.4. The van der Waals surface area contributed by atoms with E-state index >= 15 is 0 Å². The summed E-state index contributed by atoms with van der Waals surface area (Å²) in [6.07, 6.45) is 4.82. The number of allylic oxidation sites excluding steroid dienone is 1. The van der Waals surface area contributed by atoms with Crippen molar-refractivity contribution in [3.63, 3.8) is 0 Å². The van der Waals surface area contributed by atoms with Gasteiger partial charge in [-0.3, -0.25) is 9.88 Å². The second-order valence-electron chi connectivity index (χ2n) is 6.46. The number of nitrogens with zero attached hydrogens (tertiary/aromatic N) is 4. The Morgan fingerprint density at radius 1 is 1.28 bits per heavy atom. The van der Waals surface area contributed by atoms with E-state index in [1.165, 1.54) is 0 Å². The van der Waals surface area contributed by atoms with Gasteiger partial charge in [0, 0.05) is 44.3 Å². The van der Waals surface area contributed by atoms with Gasteiger partial charge >= 0.3 is 0 Å². The number of anilines is 1. The molecule has 0 saturated carbocycles. The second kappa shape index (κ2) is 8.11. The smallest absolute Gasteiger partial charge is 0.103 e. The third-order valence-corrected chi connectivity index (χ3v) is 4.73. The minimum absolute atomic E-state index is 0.305. The lowest BCUT2D eigenvalue weighted by Gasteiger charge is -2.37. The molecule has 0 amide bonds. The number of benzene rings is 1. The predicted molar refractivity (Wildman–Crippen MR) is 101 cm³/mol. The van der Waals surface area contributed by atoms with Gasteiger partial charge in [-0.05, 0) is 18.9 Å². The van der Waals surface area contributed by atoms with Crippen molar-refractivity contribution in [3.05, 3.63) is 48.7 Å². The molecule has 0 spiro atoms.